The molecule has 2 bridgehead atoms. The summed E-state index contributed by atoms with van der Waals surface area (Å²) in [5.41, 5.74) is -0.116. The van der Waals surface area contributed by atoms with Crippen LogP contribution in [0.4, 0.5) is 0 Å². The molecule has 0 aliphatic carbocycles. The molecule has 9 heteroatoms. The number of hydrogen-bond donors (Lipinski definition) is 0. The van der Waals surface area contributed by atoms with Crippen molar-refractivity contribution < 1.29 is 19.1 Å². The second kappa shape index (κ2) is 5.51. The molecule has 0 saturated carbocycles. The van der Waals surface area contributed by atoms with E-state index in [2.05, 4.69) is 4.85 Å². The van der Waals surface area contributed by atoms with Crippen LogP contribution in [0, 0.1) is 6.57 Å². The smallest absolute Gasteiger partial charge is 0.262 e. The average Bonchev–Trinajstić information content (AvgIpc) is 3.27. The Morgan fingerprint density at radius 2 is 2.00 bits per heavy atom. The van der Waals surface area contributed by atoms with Gasteiger partial charge in [-0.25, -0.2) is 6.57 Å². The van der Waals surface area contributed by atoms with Gasteiger partial charge in [0.1, 0.15) is 6.04 Å². The maximum atomic E-state index is 13.7. The van der Waals surface area contributed by atoms with Crippen molar-refractivity contribution in [1.82, 2.24) is 9.80 Å². The summed E-state index contributed by atoms with van der Waals surface area (Å²) in [4.78, 5) is 32.4. The fourth-order valence-corrected chi connectivity index (χ4v) is 8.79. The monoisotopic (exact) mass is 417 g/mol. The molecule has 6 rings (SSSR count). The molecule has 4 saturated heterocycles. The van der Waals surface area contributed by atoms with E-state index in [1.165, 1.54) is 21.6 Å². The van der Waals surface area contributed by atoms with Crippen molar-refractivity contribution in [3.05, 3.63) is 35.2 Å². The lowest BCUT2D eigenvalue weighted by molar-refractivity contribution is -0.165. The Balaban J connectivity index is 1.71. The fourth-order valence-electron chi connectivity index (χ4n) is 4.85. The van der Waals surface area contributed by atoms with E-state index in [1.54, 1.807) is 16.8 Å². The molecule has 1 unspecified atom stereocenters. The third-order valence-corrected chi connectivity index (χ3v) is 10.1. The van der Waals surface area contributed by atoms with Crippen LogP contribution in [0.3, 0.4) is 0 Å². The minimum Gasteiger partial charge on any atom is -0.454 e. The van der Waals surface area contributed by atoms with Crippen LogP contribution in [0.15, 0.2) is 18.2 Å². The van der Waals surface area contributed by atoms with Gasteiger partial charge < -0.3 is 24.1 Å². The zero-order valence-corrected chi connectivity index (χ0v) is 17.4. The summed E-state index contributed by atoms with van der Waals surface area (Å²) in [6.07, 6.45) is 0.815. The molecular weight excluding hydrogens is 398 g/mol. The van der Waals surface area contributed by atoms with Crippen LogP contribution in [-0.2, 0) is 9.59 Å². The Hall–Kier alpha value is -2.05. The summed E-state index contributed by atoms with van der Waals surface area (Å²) in [6, 6.07) is 5.01. The fraction of sp³-hybridized carbons (Fsp3) is 0.526. The van der Waals surface area contributed by atoms with Crippen molar-refractivity contribution in [2.24, 2.45) is 0 Å². The van der Waals surface area contributed by atoms with Crippen molar-refractivity contribution in [1.29, 1.82) is 0 Å². The van der Waals surface area contributed by atoms with Gasteiger partial charge in [-0.2, -0.15) is 0 Å². The van der Waals surface area contributed by atoms with E-state index in [0.717, 1.165) is 5.56 Å². The lowest BCUT2D eigenvalue weighted by Gasteiger charge is -2.58. The summed E-state index contributed by atoms with van der Waals surface area (Å²) in [5, 5.41) is 0. The molecule has 0 N–H and O–H groups in total. The van der Waals surface area contributed by atoms with Crippen LogP contribution in [0.1, 0.15) is 38.3 Å². The van der Waals surface area contributed by atoms with Crippen LogP contribution in [0.5, 0.6) is 11.5 Å². The van der Waals surface area contributed by atoms with Crippen LogP contribution in [0.2, 0.25) is 0 Å². The molecule has 7 nitrogen and oxygen atoms in total. The average molecular weight is 418 g/mol. The summed E-state index contributed by atoms with van der Waals surface area (Å²) in [7, 11) is 4.61. The molecule has 2 amide bonds. The maximum Gasteiger partial charge on any atom is 0.262 e. The third-order valence-electron chi connectivity index (χ3n) is 6.33. The van der Waals surface area contributed by atoms with Gasteiger partial charge in [-0.05, 0) is 24.1 Å². The van der Waals surface area contributed by atoms with Crippen molar-refractivity contribution in [3.63, 3.8) is 0 Å². The second-order valence-electron chi connectivity index (χ2n) is 7.79. The highest BCUT2D eigenvalue weighted by Gasteiger charge is 2.77. The zero-order valence-electron chi connectivity index (χ0n) is 15.7. The van der Waals surface area contributed by atoms with E-state index in [4.69, 9.17) is 16.0 Å². The van der Waals surface area contributed by atoms with Gasteiger partial charge in [0, 0.05) is 14.0 Å². The molecule has 1 spiro atoms. The van der Waals surface area contributed by atoms with Gasteiger partial charge >= 0.3 is 0 Å². The first-order chi connectivity index (χ1) is 13.3. The number of carbonyl (C=O) groups excluding carboxylic acids is 2. The highest BCUT2D eigenvalue weighted by Crippen LogP contribution is 2.69. The number of nitrogens with zero attached hydrogens (tertiary/aromatic N) is 3. The highest BCUT2D eigenvalue weighted by atomic mass is 33.1. The second-order valence-corrected chi connectivity index (χ2v) is 10.5. The van der Waals surface area contributed by atoms with Gasteiger partial charge in [-0.3, -0.25) is 9.59 Å². The third kappa shape index (κ3) is 1.88. The van der Waals surface area contributed by atoms with E-state index in [9.17, 15) is 9.59 Å². The maximum absolute atomic E-state index is 13.7. The Morgan fingerprint density at radius 1 is 1.25 bits per heavy atom. The van der Waals surface area contributed by atoms with Gasteiger partial charge in [-0.1, -0.05) is 34.6 Å². The van der Waals surface area contributed by atoms with E-state index in [1.807, 2.05) is 32.0 Å². The summed E-state index contributed by atoms with van der Waals surface area (Å²) < 4.78 is 10.9. The largest absolute Gasteiger partial charge is 0.454 e. The predicted molar refractivity (Wildman–Crippen MR) is 105 cm³/mol. The first-order valence-electron chi connectivity index (χ1n) is 9.10. The molecule has 1 aromatic rings. The molecule has 146 valence electrons. The van der Waals surface area contributed by atoms with E-state index in [0.29, 0.717) is 24.3 Å². The number of likely N-dealkylation sites (N-methyl/N-ethyl adjacent to an activating group) is 1. The number of fused-ring (bicyclic) bond motifs is 3. The Labute approximate surface area is 170 Å². The number of amides is 2. The summed E-state index contributed by atoms with van der Waals surface area (Å²) in [6.45, 7) is 11.8. The number of carbonyl (C=O) groups is 2. The van der Waals surface area contributed by atoms with Gasteiger partial charge in [-0.15, -0.1) is 0 Å². The van der Waals surface area contributed by atoms with Gasteiger partial charge in [0.15, 0.2) is 21.2 Å². The quantitative estimate of drug-likeness (QED) is 0.545. The van der Waals surface area contributed by atoms with Gasteiger partial charge in [0.2, 0.25) is 6.79 Å². The molecule has 5 heterocycles. The van der Waals surface area contributed by atoms with Crippen molar-refractivity contribution >= 4 is 33.4 Å². The van der Waals surface area contributed by atoms with Crippen molar-refractivity contribution in [2.75, 3.05) is 13.8 Å². The van der Waals surface area contributed by atoms with Crippen LogP contribution in [-0.4, -0.2) is 50.7 Å². The first kappa shape index (κ1) is 18.0. The Kier molecular flexibility index (Phi) is 3.55. The molecule has 5 aliphatic heterocycles. The van der Waals surface area contributed by atoms with Crippen LogP contribution < -0.4 is 9.47 Å². The predicted octanol–water partition coefficient (Wildman–Crippen LogP) is 3.04. The molecule has 28 heavy (non-hydrogen) atoms. The minimum atomic E-state index is -1.05. The molecule has 0 radical (unpaired) electrons. The van der Waals surface area contributed by atoms with E-state index in [-0.39, 0.29) is 18.6 Å². The summed E-state index contributed by atoms with van der Waals surface area (Å²) in [5.74, 6) is 1.08. The number of ether oxygens (including phenoxy) is 2. The SMILES string of the molecule is [C-]#[N+][C@@]1(C)C[C@@]23SS[C@@](CC)(C(=O)N2C1c1ccc2c(c1)OCO2)N(C)C3=O. The lowest BCUT2D eigenvalue weighted by Crippen LogP contribution is -2.74. The van der Waals surface area contributed by atoms with Crippen molar-refractivity contribution in [2.45, 2.75) is 48.0 Å². The number of hydrogen-bond acceptors (Lipinski definition) is 6. The van der Waals surface area contributed by atoms with Crippen LogP contribution in [0.25, 0.3) is 4.85 Å². The standard InChI is InChI=1S/C19H19N3O4S2/c1-5-18-16(24)22-14(11-6-7-12-13(8-11)26-10-25-12)17(2,20-3)9-19(22,28-27-18)15(23)21(18)4/h6-8,14H,5,9-10H2,1-2,4H3/t14?,17-,18-,19-/m0/s1. The Morgan fingerprint density at radius 3 is 2.71 bits per heavy atom. The number of piperazine rings is 1. The van der Waals surface area contributed by atoms with E-state index < -0.39 is 21.3 Å². The first-order valence-corrected chi connectivity index (χ1v) is 11.2. The normalized spacial score (nSPS) is 38.0. The highest BCUT2D eigenvalue weighted by molar-refractivity contribution is 8.78. The molecular formula is C19H19N3O4S2. The zero-order chi connectivity index (χ0) is 19.9. The lowest BCUT2D eigenvalue weighted by atomic mass is 9.87. The molecule has 4 atom stereocenters. The molecule has 5 aliphatic rings. The molecule has 0 aromatic heterocycles. The number of rotatable bonds is 2. The topological polar surface area (TPSA) is 63.4 Å². The molecule has 4 fully saturated rings. The molecule has 1 aromatic carbocycles. The Bertz CT molecular complexity index is 965. The van der Waals surface area contributed by atoms with E-state index >= 15 is 0 Å². The van der Waals surface area contributed by atoms with Gasteiger partial charge in [0.05, 0.1) is 6.42 Å². The van der Waals surface area contributed by atoms with Crippen LogP contribution >= 0.6 is 21.6 Å². The van der Waals surface area contributed by atoms with Gasteiger partial charge in [0.25, 0.3) is 17.4 Å². The minimum absolute atomic E-state index is 0.0871. The number of benzene rings is 1. The summed E-state index contributed by atoms with van der Waals surface area (Å²) >= 11 is 0. The van der Waals surface area contributed by atoms with Crippen molar-refractivity contribution in [3.8, 4) is 11.5 Å².